The van der Waals surface area contributed by atoms with E-state index in [4.69, 9.17) is 10.5 Å². The number of hydrogen-bond donors (Lipinski definition) is 2. The van der Waals surface area contributed by atoms with Gasteiger partial charge in [-0.3, -0.25) is 4.99 Å². The zero-order valence-corrected chi connectivity index (χ0v) is 9.83. The van der Waals surface area contributed by atoms with Crippen molar-refractivity contribution < 1.29 is 4.74 Å². The van der Waals surface area contributed by atoms with Crippen LogP contribution in [0.1, 0.15) is 39.5 Å². The quantitative estimate of drug-likeness (QED) is 0.410. The fourth-order valence-electron chi connectivity index (χ4n) is 1.78. The molecule has 0 aliphatic heterocycles. The van der Waals surface area contributed by atoms with Crippen molar-refractivity contribution in [3.05, 3.63) is 0 Å². The van der Waals surface area contributed by atoms with Crippen molar-refractivity contribution in [3.8, 4) is 0 Å². The van der Waals surface area contributed by atoms with Crippen molar-refractivity contribution in [2.45, 2.75) is 51.7 Å². The second kappa shape index (κ2) is 6.67. The van der Waals surface area contributed by atoms with E-state index in [0.717, 1.165) is 0 Å². The molecule has 4 nitrogen and oxygen atoms in total. The van der Waals surface area contributed by atoms with Gasteiger partial charge in [-0.05, 0) is 26.7 Å². The summed E-state index contributed by atoms with van der Waals surface area (Å²) in [6, 6.07) is 0.338. The highest BCUT2D eigenvalue weighted by atomic mass is 16.5. The summed E-state index contributed by atoms with van der Waals surface area (Å²) in [5.74, 6) is 0.514. The Morgan fingerprint density at radius 3 is 2.73 bits per heavy atom. The summed E-state index contributed by atoms with van der Waals surface area (Å²) in [4.78, 5) is 4.18. The van der Waals surface area contributed by atoms with Gasteiger partial charge in [-0.15, -0.1) is 0 Å². The monoisotopic (exact) mass is 213 g/mol. The van der Waals surface area contributed by atoms with Gasteiger partial charge in [-0.25, -0.2) is 0 Å². The van der Waals surface area contributed by atoms with Crippen LogP contribution in [-0.2, 0) is 4.74 Å². The topological polar surface area (TPSA) is 59.6 Å². The number of aliphatic imine (C=N–C) groups is 1. The number of nitrogens with zero attached hydrogens (tertiary/aromatic N) is 1. The van der Waals surface area contributed by atoms with E-state index in [1.54, 1.807) is 0 Å². The third kappa shape index (κ3) is 5.62. The van der Waals surface area contributed by atoms with Gasteiger partial charge in [0.05, 0.1) is 19.3 Å². The molecule has 0 aromatic carbocycles. The minimum Gasteiger partial charge on any atom is -0.376 e. The number of nitrogens with two attached hydrogens (primary N) is 1. The lowest BCUT2D eigenvalue weighted by atomic mass is 10.3. The highest BCUT2D eigenvalue weighted by Gasteiger charge is 2.14. The van der Waals surface area contributed by atoms with Crippen molar-refractivity contribution >= 4 is 5.96 Å². The Morgan fingerprint density at radius 1 is 1.47 bits per heavy atom. The van der Waals surface area contributed by atoms with Crippen LogP contribution in [0.5, 0.6) is 0 Å². The van der Waals surface area contributed by atoms with Crippen LogP contribution >= 0.6 is 0 Å². The molecule has 0 aromatic heterocycles. The molecule has 1 rings (SSSR count). The first kappa shape index (κ1) is 12.3. The lowest BCUT2D eigenvalue weighted by Gasteiger charge is -2.11. The highest BCUT2D eigenvalue weighted by molar-refractivity contribution is 5.78. The number of hydrogen-bond acceptors (Lipinski definition) is 2. The van der Waals surface area contributed by atoms with Crippen molar-refractivity contribution in [3.63, 3.8) is 0 Å². The molecular formula is C11H23N3O. The predicted molar refractivity (Wildman–Crippen MR) is 63.0 cm³/mol. The average Bonchev–Trinajstić information content (AvgIpc) is 2.63. The first-order chi connectivity index (χ1) is 7.18. The minimum absolute atomic E-state index is 0.338. The van der Waals surface area contributed by atoms with Gasteiger partial charge in [0.25, 0.3) is 0 Å². The molecule has 0 heterocycles. The summed E-state index contributed by atoms with van der Waals surface area (Å²) in [6.45, 7) is 5.42. The van der Waals surface area contributed by atoms with Crippen LogP contribution < -0.4 is 11.1 Å². The fraction of sp³-hybridized carbons (Fsp3) is 0.909. The third-order valence-electron chi connectivity index (χ3n) is 2.47. The van der Waals surface area contributed by atoms with Gasteiger partial charge in [0.1, 0.15) is 0 Å². The Labute approximate surface area is 92.3 Å². The Morgan fingerprint density at radius 2 is 2.13 bits per heavy atom. The van der Waals surface area contributed by atoms with E-state index in [1.165, 1.54) is 25.7 Å². The number of guanidine groups is 1. The van der Waals surface area contributed by atoms with Crippen molar-refractivity contribution in [2.75, 3.05) is 13.2 Å². The van der Waals surface area contributed by atoms with E-state index >= 15 is 0 Å². The molecule has 0 radical (unpaired) electrons. The van der Waals surface area contributed by atoms with Crippen LogP contribution in [0.15, 0.2) is 4.99 Å². The molecule has 0 atom stereocenters. The molecule has 1 saturated carbocycles. The predicted octanol–water partition coefficient (Wildman–Crippen LogP) is 1.26. The van der Waals surface area contributed by atoms with Crippen molar-refractivity contribution in [1.29, 1.82) is 0 Å². The third-order valence-corrected chi connectivity index (χ3v) is 2.47. The molecule has 0 unspecified atom stereocenters. The molecule has 3 N–H and O–H groups in total. The lowest BCUT2D eigenvalue weighted by Crippen LogP contribution is -2.37. The summed E-state index contributed by atoms with van der Waals surface area (Å²) in [5, 5.41) is 3.04. The summed E-state index contributed by atoms with van der Waals surface area (Å²) in [5.41, 5.74) is 5.65. The maximum absolute atomic E-state index is 5.67. The van der Waals surface area contributed by atoms with E-state index in [0.29, 0.717) is 31.3 Å². The molecule has 0 bridgehead atoms. The Hall–Kier alpha value is -0.770. The first-order valence-electron chi connectivity index (χ1n) is 5.86. The van der Waals surface area contributed by atoms with Gasteiger partial charge in [0.2, 0.25) is 0 Å². The van der Waals surface area contributed by atoms with E-state index < -0.39 is 0 Å². The van der Waals surface area contributed by atoms with Crippen LogP contribution in [-0.4, -0.2) is 31.3 Å². The molecule has 0 spiro atoms. The molecule has 4 heteroatoms. The fourth-order valence-corrected chi connectivity index (χ4v) is 1.78. The number of ether oxygens (including phenoxy) is 1. The SMILES string of the molecule is CC(C)NC(N)=NCCOC1CCCC1. The lowest BCUT2D eigenvalue weighted by molar-refractivity contribution is 0.0643. The summed E-state index contributed by atoms with van der Waals surface area (Å²) in [7, 11) is 0. The summed E-state index contributed by atoms with van der Waals surface area (Å²) < 4.78 is 5.67. The Kier molecular flexibility index (Phi) is 5.47. The van der Waals surface area contributed by atoms with E-state index in [1.807, 2.05) is 13.8 Å². The summed E-state index contributed by atoms with van der Waals surface area (Å²) in [6.07, 6.45) is 5.52. The molecular weight excluding hydrogens is 190 g/mol. The normalized spacial score (nSPS) is 18.7. The van der Waals surface area contributed by atoms with Crippen molar-refractivity contribution in [2.24, 2.45) is 10.7 Å². The smallest absolute Gasteiger partial charge is 0.188 e. The molecule has 0 amide bonds. The maximum Gasteiger partial charge on any atom is 0.188 e. The van der Waals surface area contributed by atoms with Gasteiger partial charge in [0.15, 0.2) is 5.96 Å². The second-order valence-corrected chi connectivity index (χ2v) is 4.34. The highest BCUT2D eigenvalue weighted by Crippen LogP contribution is 2.20. The zero-order chi connectivity index (χ0) is 11.1. The van der Waals surface area contributed by atoms with Crippen LogP contribution in [0.25, 0.3) is 0 Å². The molecule has 0 saturated heterocycles. The van der Waals surface area contributed by atoms with Crippen LogP contribution in [0, 0.1) is 0 Å². The minimum atomic E-state index is 0.338. The zero-order valence-electron chi connectivity index (χ0n) is 9.83. The first-order valence-corrected chi connectivity index (χ1v) is 5.86. The van der Waals surface area contributed by atoms with Crippen LogP contribution in [0.3, 0.4) is 0 Å². The Balaban J connectivity index is 2.04. The van der Waals surface area contributed by atoms with Gasteiger partial charge < -0.3 is 15.8 Å². The molecule has 88 valence electrons. The van der Waals surface area contributed by atoms with Gasteiger partial charge in [0, 0.05) is 6.04 Å². The molecule has 1 aliphatic carbocycles. The molecule has 1 aliphatic rings. The van der Waals surface area contributed by atoms with Crippen molar-refractivity contribution in [1.82, 2.24) is 5.32 Å². The van der Waals surface area contributed by atoms with E-state index in [9.17, 15) is 0 Å². The molecule has 1 fully saturated rings. The largest absolute Gasteiger partial charge is 0.376 e. The number of rotatable bonds is 5. The molecule has 0 aromatic rings. The second-order valence-electron chi connectivity index (χ2n) is 4.34. The number of nitrogens with one attached hydrogen (secondary N) is 1. The van der Waals surface area contributed by atoms with Crippen LogP contribution in [0.4, 0.5) is 0 Å². The van der Waals surface area contributed by atoms with E-state index in [-0.39, 0.29) is 0 Å². The average molecular weight is 213 g/mol. The van der Waals surface area contributed by atoms with E-state index in [2.05, 4.69) is 10.3 Å². The summed E-state index contributed by atoms with van der Waals surface area (Å²) >= 11 is 0. The standard InChI is InChI=1S/C11H23N3O/c1-9(2)14-11(12)13-7-8-15-10-5-3-4-6-10/h9-10H,3-8H2,1-2H3,(H3,12,13,14). The van der Waals surface area contributed by atoms with Gasteiger partial charge in [-0.1, -0.05) is 12.8 Å². The van der Waals surface area contributed by atoms with Gasteiger partial charge in [-0.2, -0.15) is 0 Å². The van der Waals surface area contributed by atoms with Crippen LogP contribution in [0.2, 0.25) is 0 Å². The maximum atomic E-state index is 5.67. The molecule has 15 heavy (non-hydrogen) atoms. The van der Waals surface area contributed by atoms with Gasteiger partial charge >= 0.3 is 0 Å². The Bertz CT molecular complexity index is 198.